The number of hydrogen-bond donors (Lipinski definition) is 1. The second-order valence-electron chi connectivity index (χ2n) is 7.82. The molecule has 4 rings (SSSR count). The summed E-state index contributed by atoms with van der Waals surface area (Å²) in [6, 6.07) is 7.48. The van der Waals surface area contributed by atoms with Gasteiger partial charge in [-0.15, -0.1) is 11.3 Å². The van der Waals surface area contributed by atoms with E-state index in [1.807, 2.05) is 29.6 Å². The highest BCUT2D eigenvalue weighted by molar-refractivity contribution is 7.14. The van der Waals surface area contributed by atoms with Crippen molar-refractivity contribution >= 4 is 34.1 Å². The zero-order chi connectivity index (χ0) is 21.1. The number of hydrogen-bond acceptors (Lipinski definition) is 7. The maximum absolute atomic E-state index is 12.4. The lowest BCUT2D eigenvalue weighted by Gasteiger charge is -2.36. The molecule has 2 fully saturated rings. The Kier molecular flexibility index (Phi) is 6.13. The van der Waals surface area contributed by atoms with Crippen LogP contribution in [-0.2, 0) is 19.1 Å². The highest BCUT2D eigenvalue weighted by atomic mass is 32.1. The van der Waals surface area contributed by atoms with Crippen LogP contribution in [-0.4, -0.2) is 36.4 Å². The topological polar surface area (TPSA) is 94.6 Å². The SMILES string of the molecule is COc1ccc(-c2csc(NC(=O)COC(=O)C3C[C@H]4CCC[C@H](C3)C4=O)n2)cc1. The predicted octanol–water partition coefficient (Wildman–Crippen LogP) is 3.70. The summed E-state index contributed by atoms with van der Waals surface area (Å²) < 4.78 is 10.4. The van der Waals surface area contributed by atoms with E-state index >= 15 is 0 Å². The minimum atomic E-state index is -0.425. The van der Waals surface area contributed by atoms with Gasteiger partial charge in [0.2, 0.25) is 0 Å². The van der Waals surface area contributed by atoms with Gasteiger partial charge in [-0.25, -0.2) is 4.98 Å². The predicted molar refractivity (Wildman–Crippen MR) is 112 cm³/mol. The maximum atomic E-state index is 12.4. The van der Waals surface area contributed by atoms with Gasteiger partial charge in [0.15, 0.2) is 11.7 Å². The first-order valence-electron chi connectivity index (χ1n) is 10.1. The molecule has 2 bridgehead atoms. The van der Waals surface area contributed by atoms with Gasteiger partial charge in [-0.1, -0.05) is 6.42 Å². The third kappa shape index (κ3) is 4.53. The van der Waals surface area contributed by atoms with Crippen molar-refractivity contribution in [3.05, 3.63) is 29.6 Å². The standard InChI is InChI=1S/C22H24N2O5S/c1-28-17-7-5-13(6-8-17)18-12-30-22(23-18)24-19(25)11-29-21(27)16-9-14-3-2-4-15(10-16)20(14)26/h5-8,12,14-16H,2-4,9-11H2,1H3,(H,23,24,25)/t14-,15-/m1/s1. The van der Waals surface area contributed by atoms with E-state index in [0.29, 0.717) is 23.8 Å². The van der Waals surface area contributed by atoms with Crippen molar-refractivity contribution in [1.82, 2.24) is 4.98 Å². The number of ketones is 1. The molecule has 2 aromatic rings. The van der Waals surface area contributed by atoms with Gasteiger partial charge in [-0.05, 0) is 49.9 Å². The molecule has 1 amide bonds. The summed E-state index contributed by atoms with van der Waals surface area (Å²) >= 11 is 1.30. The second kappa shape index (κ2) is 8.95. The Morgan fingerprint density at radius 2 is 1.87 bits per heavy atom. The molecule has 1 N–H and O–H groups in total. The number of nitrogens with zero attached hydrogens (tertiary/aromatic N) is 1. The van der Waals surface area contributed by atoms with Crippen LogP contribution < -0.4 is 10.1 Å². The molecule has 30 heavy (non-hydrogen) atoms. The molecule has 1 aromatic heterocycles. The molecule has 0 saturated heterocycles. The van der Waals surface area contributed by atoms with E-state index in [1.54, 1.807) is 7.11 Å². The van der Waals surface area contributed by atoms with Crippen molar-refractivity contribution in [1.29, 1.82) is 0 Å². The number of benzene rings is 1. The quantitative estimate of drug-likeness (QED) is 0.705. The Hall–Kier alpha value is -2.74. The lowest BCUT2D eigenvalue weighted by Crippen LogP contribution is -2.40. The van der Waals surface area contributed by atoms with Gasteiger partial charge in [0, 0.05) is 22.8 Å². The Bertz CT molecular complexity index is 923. The van der Waals surface area contributed by atoms with Crippen molar-refractivity contribution in [2.75, 3.05) is 19.0 Å². The van der Waals surface area contributed by atoms with Crippen molar-refractivity contribution in [3.8, 4) is 17.0 Å². The Balaban J connectivity index is 1.27. The van der Waals surface area contributed by atoms with Gasteiger partial charge in [0.05, 0.1) is 18.7 Å². The maximum Gasteiger partial charge on any atom is 0.309 e. The molecular formula is C22H24N2O5S. The van der Waals surface area contributed by atoms with Crippen LogP contribution in [0.4, 0.5) is 5.13 Å². The van der Waals surface area contributed by atoms with E-state index in [-0.39, 0.29) is 30.3 Å². The van der Waals surface area contributed by atoms with Crippen LogP contribution in [0.3, 0.4) is 0 Å². The second-order valence-corrected chi connectivity index (χ2v) is 8.68. The third-order valence-electron chi connectivity index (χ3n) is 5.86. The lowest BCUT2D eigenvalue weighted by molar-refractivity contribution is -0.155. The van der Waals surface area contributed by atoms with Crippen LogP contribution in [0.2, 0.25) is 0 Å². The number of methoxy groups -OCH3 is 1. The molecule has 158 valence electrons. The summed E-state index contributed by atoms with van der Waals surface area (Å²) in [6.07, 6.45) is 3.87. The number of anilines is 1. The smallest absolute Gasteiger partial charge is 0.309 e. The molecule has 1 heterocycles. The van der Waals surface area contributed by atoms with Gasteiger partial charge < -0.3 is 9.47 Å². The number of ether oxygens (including phenoxy) is 2. The molecule has 2 aliphatic rings. The molecule has 8 heteroatoms. The highest BCUT2D eigenvalue weighted by Gasteiger charge is 2.41. The number of thiazole rings is 1. The summed E-state index contributed by atoms with van der Waals surface area (Å²) in [7, 11) is 1.61. The van der Waals surface area contributed by atoms with Crippen molar-refractivity contribution in [2.24, 2.45) is 17.8 Å². The normalized spacial score (nSPS) is 23.0. The van der Waals surface area contributed by atoms with Crippen LogP contribution in [0, 0.1) is 17.8 Å². The van der Waals surface area contributed by atoms with Gasteiger partial charge in [-0.2, -0.15) is 0 Å². The largest absolute Gasteiger partial charge is 0.497 e. The number of amides is 1. The Morgan fingerprint density at radius 1 is 1.17 bits per heavy atom. The minimum Gasteiger partial charge on any atom is -0.497 e. The summed E-state index contributed by atoms with van der Waals surface area (Å²) in [5.74, 6) is -0.0630. The summed E-state index contributed by atoms with van der Waals surface area (Å²) in [5.41, 5.74) is 1.66. The first-order valence-corrected chi connectivity index (χ1v) is 11.0. The Labute approximate surface area is 178 Å². The minimum absolute atomic E-state index is 0.0180. The summed E-state index contributed by atoms with van der Waals surface area (Å²) in [4.78, 5) is 41.1. The van der Waals surface area contributed by atoms with Crippen molar-refractivity contribution in [2.45, 2.75) is 32.1 Å². The van der Waals surface area contributed by atoms with Gasteiger partial charge in [0.25, 0.3) is 5.91 Å². The number of aromatic nitrogens is 1. The monoisotopic (exact) mass is 428 g/mol. The van der Waals surface area contributed by atoms with E-state index < -0.39 is 5.91 Å². The van der Waals surface area contributed by atoms with Crippen LogP contribution in [0.5, 0.6) is 5.75 Å². The van der Waals surface area contributed by atoms with Gasteiger partial charge >= 0.3 is 5.97 Å². The van der Waals surface area contributed by atoms with Crippen LogP contribution in [0.25, 0.3) is 11.3 Å². The van der Waals surface area contributed by atoms with Crippen LogP contribution >= 0.6 is 11.3 Å². The van der Waals surface area contributed by atoms with E-state index in [1.165, 1.54) is 11.3 Å². The zero-order valence-corrected chi connectivity index (χ0v) is 17.6. The molecule has 2 aliphatic carbocycles. The average molecular weight is 429 g/mol. The highest BCUT2D eigenvalue weighted by Crippen LogP contribution is 2.40. The van der Waals surface area contributed by atoms with Gasteiger partial charge in [-0.3, -0.25) is 19.7 Å². The fraction of sp³-hybridized carbons (Fsp3) is 0.455. The molecular weight excluding hydrogens is 404 g/mol. The number of Topliss-reactive ketones (excluding diaryl/α,β-unsaturated/α-hetero) is 1. The number of nitrogens with one attached hydrogen (secondary N) is 1. The van der Waals surface area contributed by atoms with Gasteiger partial charge in [0.1, 0.15) is 11.5 Å². The molecule has 0 aliphatic heterocycles. The molecule has 1 aromatic carbocycles. The first-order chi connectivity index (χ1) is 14.5. The fourth-order valence-corrected chi connectivity index (χ4v) is 5.04. The fourth-order valence-electron chi connectivity index (χ4n) is 4.31. The Morgan fingerprint density at radius 3 is 2.53 bits per heavy atom. The molecule has 0 unspecified atom stereocenters. The lowest BCUT2D eigenvalue weighted by atomic mass is 9.67. The average Bonchev–Trinajstić information content (AvgIpc) is 3.20. The third-order valence-corrected chi connectivity index (χ3v) is 6.62. The van der Waals surface area contributed by atoms with E-state index in [0.717, 1.165) is 36.3 Å². The number of rotatable bonds is 6. The van der Waals surface area contributed by atoms with E-state index in [2.05, 4.69) is 10.3 Å². The molecule has 7 nitrogen and oxygen atoms in total. The molecule has 0 spiro atoms. The summed E-state index contributed by atoms with van der Waals surface area (Å²) in [6.45, 7) is -0.351. The zero-order valence-electron chi connectivity index (χ0n) is 16.8. The number of carbonyl (C=O) groups excluding carboxylic acids is 3. The number of esters is 1. The van der Waals surface area contributed by atoms with Crippen molar-refractivity contribution < 1.29 is 23.9 Å². The van der Waals surface area contributed by atoms with E-state index in [4.69, 9.17) is 9.47 Å². The van der Waals surface area contributed by atoms with Crippen molar-refractivity contribution in [3.63, 3.8) is 0 Å². The first kappa shape index (κ1) is 20.5. The van der Waals surface area contributed by atoms with Crippen LogP contribution in [0.1, 0.15) is 32.1 Å². The number of fused-ring (bicyclic) bond motifs is 2. The van der Waals surface area contributed by atoms with E-state index in [9.17, 15) is 14.4 Å². The van der Waals surface area contributed by atoms with Crippen LogP contribution in [0.15, 0.2) is 29.6 Å². The number of carbonyl (C=O) groups is 3. The molecule has 2 atom stereocenters. The molecule has 2 saturated carbocycles. The molecule has 0 radical (unpaired) electrons. The summed E-state index contributed by atoms with van der Waals surface area (Å²) in [5, 5.41) is 4.96.